The Kier molecular flexibility index (Phi) is 6.82. The molecule has 104 valence electrons. The van der Waals surface area contributed by atoms with E-state index < -0.39 is 0 Å². The van der Waals surface area contributed by atoms with E-state index >= 15 is 0 Å². The van der Waals surface area contributed by atoms with E-state index in [2.05, 4.69) is 31.1 Å². The normalized spacial score (nSPS) is 13.8. The molecular formula is C14H26N2OS. The van der Waals surface area contributed by atoms with Gasteiger partial charge in [-0.05, 0) is 25.8 Å². The lowest BCUT2D eigenvalue weighted by atomic mass is 9.86. The van der Waals surface area contributed by atoms with Crippen LogP contribution in [0.3, 0.4) is 0 Å². The molecule has 0 aliphatic carbocycles. The largest absolute Gasteiger partial charge is 0.377 e. The molecular weight excluding hydrogens is 244 g/mol. The van der Waals surface area contributed by atoms with E-state index in [4.69, 9.17) is 4.74 Å². The highest BCUT2D eigenvalue weighted by Crippen LogP contribution is 2.27. The lowest BCUT2D eigenvalue weighted by Crippen LogP contribution is -2.53. The van der Waals surface area contributed by atoms with E-state index in [0.717, 1.165) is 32.2 Å². The maximum absolute atomic E-state index is 5.86. The number of hydrogen-bond donors (Lipinski definition) is 1. The molecule has 1 aromatic rings. The molecule has 0 saturated carbocycles. The predicted molar refractivity (Wildman–Crippen MR) is 78.2 cm³/mol. The number of hydrogen-bond acceptors (Lipinski definition) is 4. The van der Waals surface area contributed by atoms with Gasteiger partial charge in [0.15, 0.2) is 0 Å². The van der Waals surface area contributed by atoms with Gasteiger partial charge in [-0.1, -0.05) is 20.8 Å². The highest BCUT2D eigenvalue weighted by Gasteiger charge is 2.35. The van der Waals surface area contributed by atoms with Gasteiger partial charge in [0.25, 0.3) is 0 Å². The van der Waals surface area contributed by atoms with E-state index in [-0.39, 0.29) is 5.60 Å². The summed E-state index contributed by atoms with van der Waals surface area (Å²) < 4.78 is 5.86. The molecule has 0 aromatic carbocycles. The summed E-state index contributed by atoms with van der Waals surface area (Å²) in [6.07, 6.45) is 6.01. The van der Waals surface area contributed by atoms with Gasteiger partial charge < -0.3 is 10.1 Å². The molecule has 0 spiro atoms. The first-order valence-electron chi connectivity index (χ1n) is 6.89. The molecule has 0 aliphatic rings. The average Bonchev–Trinajstić information content (AvgIpc) is 2.91. The van der Waals surface area contributed by atoms with Crippen LogP contribution in [-0.4, -0.2) is 30.3 Å². The van der Waals surface area contributed by atoms with Crippen molar-refractivity contribution in [3.63, 3.8) is 0 Å². The van der Waals surface area contributed by atoms with Gasteiger partial charge in [-0.2, -0.15) is 0 Å². The number of rotatable bonds is 9. The van der Waals surface area contributed by atoms with Crippen molar-refractivity contribution in [1.29, 1.82) is 0 Å². The highest BCUT2D eigenvalue weighted by atomic mass is 32.1. The van der Waals surface area contributed by atoms with Crippen LogP contribution in [-0.2, 0) is 11.2 Å². The van der Waals surface area contributed by atoms with Gasteiger partial charge in [-0.15, -0.1) is 11.3 Å². The van der Waals surface area contributed by atoms with Crippen LogP contribution in [0, 0.1) is 0 Å². The lowest BCUT2D eigenvalue weighted by Gasteiger charge is -2.39. The van der Waals surface area contributed by atoms with E-state index in [9.17, 15) is 0 Å². The fourth-order valence-corrected chi connectivity index (χ4v) is 3.13. The number of thiazole rings is 1. The van der Waals surface area contributed by atoms with Crippen molar-refractivity contribution < 1.29 is 4.74 Å². The maximum atomic E-state index is 5.86. The Morgan fingerprint density at radius 3 is 2.56 bits per heavy atom. The lowest BCUT2D eigenvalue weighted by molar-refractivity contribution is -0.0471. The summed E-state index contributed by atoms with van der Waals surface area (Å²) in [7, 11) is 1.83. The molecule has 1 N–H and O–H groups in total. The van der Waals surface area contributed by atoms with Crippen molar-refractivity contribution in [3.05, 3.63) is 16.6 Å². The summed E-state index contributed by atoms with van der Waals surface area (Å²) in [6, 6.07) is 0.337. The number of aromatic nitrogens is 1. The predicted octanol–water partition coefficient (Wildman–Crippen LogP) is 3.26. The first-order valence-corrected chi connectivity index (χ1v) is 7.77. The van der Waals surface area contributed by atoms with E-state index in [1.54, 1.807) is 11.3 Å². The van der Waals surface area contributed by atoms with Crippen molar-refractivity contribution in [2.24, 2.45) is 0 Å². The smallest absolute Gasteiger partial charge is 0.0941 e. The average molecular weight is 270 g/mol. The minimum absolute atomic E-state index is 0.0825. The third-order valence-corrected chi connectivity index (χ3v) is 4.54. The van der Waals surface area contributed by atoms with Gasteiger partial charge in [-0.25, -0.2) is 4.98 Å². The van der Waals surface area contributed by atoms with E-state index in [1.165, 1.54) is 5.01 Å². The second-order valence-electron chi connectivity index (χ2n) is 4.61. The summed E-state index contributed by atoms with van der Waals surface area (Å²) in [5.41, 5.74) is -0.0825. The fourth-order valence-electron chi connectivity index (χ4n) is 2.46. The fraction of sp³-hybridized carbons (Fsp3) is 0.786. The van der Waals surface area contributed by atoms with Gasteiger partial charge in [0.1, 0.15) is 0 Å². The zero-order valence-corrected chi connectivity index (χ0v) is 12.8. The summed E-state index contributed by atoms with van der Waals surface area (Å²) >= 11 is 1.73. The Labute approximate surface area is 115 Å². The second-order valence-corrected chi connectivity index (χ2v) is 5.59. The topological polar surface area (TPSA) is 34.2 Å². The van der Waals surface area contributed by atoms with Crippen LogP contribution in [0.1, 0.15) is 45.0 Å². The summed E-state index contributed by atoms with van der Waals surface area (Å²) in [5.74, 6) is 0. The van der Waals surface area contributed by atoms with Crippen LogP contribution in [0.2, 0.25) is 0 Å². The van der Waals surface area contributed by atoms with Crippen molar-refractivity contribution in [3.8, 4) is 0 Å². The molecule has 1 rings (SSSR count). The molecule has 4 heteroatoms. The standard InChI is InChI=1S/C14H26N2OS/c1-5-8-15-12(11-13-16-9-10-18-13)14(6-2,7-3)17-4/h9-10,12,15H,5-8,11H2,1-4H3. The van der Waals surface area contributed by atoms with Crippen LogP contribution in [0.4, 0.5) is 0 Å². The van der Waals surface area contributed by atoms with Crippen LogP contribution in [0.25, 0.3) is 0 Å². The zero-order chi connectivity index (χ0) is 13.4. The second kappa shape index (κ2) is 7.87. The van der Waals surface area contributed by atoms with Gasteiger partial charge in [0.2, 0.25) is 0 Å². The van der Waals surface area contributed by atoms with Gasteiger partial charge in [0.05, 0.1) is 10.6 Å². The first-order chi connectivity index (χ1) is 8.72. The van der Waals surface area contributed by atoms with Crippen LogP contribution in [0.15, 0.2) is 11.6 Å². The van der Waals surface area contributed by atoms with E-state index in [1.807, 2.05) is 18.7 Å². The Bertz CT molecular complexity index is 301. The Morgan fingerprint density at radius 2 is 2.11 bits per heavy atom. The van der Waals surface area contributed by atoms with Crippen LogP contribution >= 0.6 is 11.3 Å². The molecule has 0 fully saturated rings. The van der Waals surface area contributed by atoms with Crippen molar-refractivity contribution in [2.45, 2.75) is 58.1 Å². The number of nitrogens with one attached hydrogen (secondary N) is 1. The maximum Gasteiger partial charge on any atom is 0.0941 e. The number of methoxy groups -OCH3 is 1. The third kappa shape index (κ3) is 3.77. The summed E-state index contributed by atoms with van der Waals surface area (Å²) in [5, 5.41) is 6.87. The molecule has 18 heavy (non-hydrogen) atoms. The molecule has 1 unspecified atom stereocenters. The molecule has 0 amide bonds. The third-order valence-electron chi connectivity index (χ3n) is 3.74. The summed E-state index contributed by atoms with van der Waals surface area (Å²) in [4.78, 5) is 4.40. The molecule has 1 atom stereocenters. The molecule has 0 radical (unpaired) electrons. The molecule has 0 aliphatic heterocycles. The number of ether oxygens (including phenoxy) is 1. The minimum Gasteiger partial charge on any atom is -0.377 e. The first kappa shape index (κ1) is 15.6. The monoisotopic (exact) mass is 270 g/mol. The Hall–Kier alpha value is -0.450. The Balaban J connectivity index is 2.81. The van der Waals surface area contributed by atoms with Gasteiger partial charge in [0, 0.05) is 31.1 Å². The molecule has 0 saturated heterocycles. The zero-order valence-electron chi connectivity index (χ0n) is 12.0. The van der Waals surface area contributed by atoms with Crippen molar-refractivity contribution in [1.82, 2.24) is 10.3 Å². The number of nitrogens with zero attached hydrogens (tertiary/aromatic N) is 1. The molecule has 3 nitrogen and oxygen atoms in total. The Morgan fingerprint density at radius 1 is 1.39 bits per heavy atom. The van der Waals surface area contributed by atoms with Crippen molar-refractivity contribution >= 4 is 11.3 Å². The van der Waals surface area contributed by atoms with Crippen LogP contribution in [0.5, 0.6) is 0 Å². The van der Waals surface area contributed by atoms with Gasteiger partial charge >= 0.3 is 0 Å². The highest BCUT2D eigenvalue weighted by molar-refractivity contribution is 7.09. The van der Waals surface area contributed by atoms with Crippen LogP contribution < -0.4 is 5.32 Å². The van der Waals surface area contributed by atoms with Crippen molar-refractivity contribution in [2.75, 3.05) is 13.7 Å². The minimum atomic E-state index is -0.0825. The van der Waals surface area contributed by atoms with Gasteiger partial charge in [-0.3, -0.25) is 0 Å². The summed E-state index contributed by atoms with van der Waals surface area (Å²) in [6.45, 7) is 7.63. The quantitative estimate of drug-likeness (QED) is 0.748. The molecule has 1 heterocycles. The van der Waals surface area contributed by atoms with E-state index in [0.29, 0.717) is 6.04 Å². The molecule has 1 aromatic heterocycles. The SMILES string of the molecule is CCCNC(Cc1nccs1)C(CC)(CC)OC. The molecule has 0 bridgehead atoms.